The highest BCUT2D eigenvalue weighted by Crippen LogP contribution is 2.23. The minimum atomic E-state index is -3.83. The molecule has 3 aromatic rings. The second-order valence-corrected chi connectivity index (χ2v) is 8.34. The minimum absolute atomic E-state index is 0.0660. The standard InChI is InChI=1S/C22H21NO5S/c1-23(16-22(24)27-17-18-8-4-2-5-9-18)29(25,26)21-14-12-20(13-15-21)28-19-10-6-3-7-11-19/h2-15H,16-17H2,1H3. The number of ether oxygens (including phenoxy) is 2. The third-order valence-corrected chi connectivity index (χ3v) is 5.92. The molecular weight excluding hydrogens is 390 g/mol. The molecule has 0 fully saturated rings. The first-order chi connectivity index (χ1) is 13.9. The van der Waals surface area contributed by atoms with Crippen LogP contribution in [0.3, 0.4) is 0 Å². The largest absolute Gasteiger partial charge is 0.460 e. The summed E-state index contributed by atoms with van der Waals surface area (Å²) < 4.78 is 37.2. The second kappa shape index (κ2) is 9.36. The van der Waals surface area contributed by atoms with E-state index in [1.807, 2.05) is 48.5 Å². The molecule has 0 aromatic heterocycles. The molecule has 150 valence electrons. The van der Waals surface area contributed by atoms with Crippen LogP contribution in [-0.2, 0) is 26.2 Å². The average molecular weight is 411 g/mol. The van der Waals surface area contributed by atoms with Gasteiger partial charge in [-0.15, -0.1) is 0 Å². The molecule has 3 rings (SSSR count). The van der Waals surface area contributed by atoms with E-state index in [2.05, 4.69) is 0 Å². The Bertz CT molecular complexity index is 1040. The van der Waals surface area contributed by atoms with E-state index in [0.29, 0.717) is 11.5 Å². The first-order valence-electron chi connectivity index (χ1n) is 8.94. The van der Waals surface area contributed by atoms with E-state index in [1.165, 1.54) is 19.2 Å². The lowest BCUT2D eigenvalue weighted by atomic mass is 10.2. The lowest BCUT2D eigenvalue weighted by Crippen LogP contribution is -2.33. The van der Waals surface area contributed by atoms with Gasteiger partial charge in [0.15, 0.2) is 0 Å². The minimum Gasteiger partial charge on any atom is -0.460 e. The number of hydrogen-bond donors (Lipinski definition) is 0. The predicted octanol–water partition coefficient (Wildman–Crippen LogP) is 3.84. The van der Waals surface area contributed by atoms with Gasteiger partial charge < -0.3 is 9.47 Å². The lowest BCUT2D eigenvalue weighted by Gasteiger charge is -2.17. The molecule has 0 bridgehead atoms. The molecule has 0 unspecified atom stereocenters. The highest BCUT2D eigenvalue weighted by molar-refractivity contribution is 7.89. The molecule has 0 heterocycles. The first-order valence-corrected chi connectivity index (χ1v) is 10.4. The van der Waals surface area contributed by atoms with Crippen LogP contribution in [0.15, 0.2) is 89.8 Å². The fraction of sp³-hybridized carbons (Fsp3) is 0.136. The van der Waals surface area contributed by atoms with Crippen LogP contribution in [0, 0.1) is 0 Å². The number of likely N-dealkylation sites (N-methyl/N-ethyl adjacent to an activating group) is 1. The van der Waals surface area contributed by atoms with E-state index < -0.39 is 16.0 Å². The third kappa shape index (κ3) is 5.66. The van der Waals surface area contributed by atoms with Crippen molar-refractivity contribution in [3.63, 3.8) is 0 Å². The summed E-state index contributed by atoms with van der Waals surface area (Å²) in [5, 5.41) is 0. The summed E-state index contributed by atoms with van der Waals surface area (Å²) in [4.78, 5) is 12.1. The van der Waals surface area contributed by atoms with Crippen molar-refractivity contribution in [3.05, 3.63) is 90.5 Å². The Morgan fingerprint density at radius 1 is 0.828 bits per heavy atom. The van der Waals surface area contributed by atoms with Crippen molar-refractivity contribution in [2.75, 3.05) is 13.6 Å². The molecule has 0 saturated heterocycles. The Morgan fingerprint density at radius 2 is 1.38 bits per heavy atom. The lowest BCUT2D eigenvalue weighted by molar-refractivity contribution is -0.144. The van der Waals surface area contributed by atoms with Gasteiger partial charge in [0.1, 0.15) is 24.7 Å². The zero-order chi connectivity index (χ0) is 20.7. The fourth-order valence-electron chi connectivity index (χ4n) is 2.53. The summed E-state index contributed by atoms with van der Waals surface area (Å²) in [6.07, 6.45) is 0. The molecule has 6 nitrogen and oxygen atoms in total. The SMILES string of the molecule is CN(CC(=O)OCc1ccccc1)S(=O)(=O)c1ccc(Oc2ccccc2)cc1. The number of hydrogen-bond acceptors (Lipinski definition) is 5. The van der Waals surface area contributed by atoms with Crippen molar-refractivity contribution >= 4 is 16.0 Å². The van der Waals surface area contributed by atoms with Crippen LogP contribution < -0.4 is 4.74 Å². The van der Waals surface area contributed by atoms with E-state index in [-0.39, 0.29) is 18.0 Å². The van der Waals surface area contributed by atoms with E-state index in [1.54, 1.807) is 24.3 Å². The number of benzene rings is 3. The topological polar surface area (TPSA) is 72.9 Å². The fourth-order valence-corrected chi connectivity index (χ4v) is 3.65. The van der Waals surface area contributed by atoms with Crippen molar-refractivity contribution in [1.29, 1.82) is 0 Å². The van der Waals surface area contributed by atoms with Crippen molar-refractivity contribution in [3.8, 4) is 11.5 Å². The quantitative estimate of drug-likeness (QED) is 0.527. The maximum Gasteiger partial charge on any atom is 0.321 e. The van der Waals surface area contributed by atoms with Gasteiger partial charge in [0, 0.05) is 7.05 Å². The first kappa shape index (κ1) is 20.6. The Balaban J connectivity index is 1.59. The molecule has 0 N–H and O–H groups in total. The van der Waals surface area contributed by atoms with Gasteiger partial charge in [-0.05, 0) is 42.0 Å². The number of nitrogens with zero attached hydrogens (tertiary/aromatic N) is 1. The highest BCUT2D eigenvalue weighted by Gasteiger charge is 2.23. The molecule has 0 aliphatic heterocycles. The van der Waals surface area contributed by atoms with E-state index >= 15 is 0 Å². The molecule has 0 radical (unpaired) electrons. The van der Waals surface area contributed by atoms with Crippen LogP contribution in [0.1, 0.15) is 5.56 Å². The molecule has 7 heteroatoms. The van der Waals surface area contributed by atoms with Crippen LogP contribution in [-0.4, -0.2) is 32.3 Å². The number of carbonyl (C=O) groups excluding carboxylic acids is 1. The molecule has 29 heavy (non-hydrogen) atoms. The van der Waals surface area contributed by atoms with Gasteiger partial charge in [0.25, 0.3) is 0 Å². The van der Waals surface area contributed by atoms with Crippen LogP contribution >= 0.6 is 0 Å². The molecular formula is C22H21NO5S. The number of sulfonamides is 1. The summed E-state index contributed by atoms with van der Waals surface area (Å²) in [5.41, 5.74) is 0.834. The number of rotatable bonds is 8. The van der Waals surface area contributed by atoms with Gasteiger partial charge in [0.2, 0.25) is 10.0 Å². The molecule has 0 aliphatic carbocycles. The van der Waals surface area contributed by atoms with Crippen LogP contribution in [0.5, 0.6) is 11.5 Å². The molecule has 0 spiro atoms. The predicted molar refractivity (Wildman–Crippen MR) is 109 cm³/mol. The van der Waals surface area contributed by atoms with Crippen molar-refractivity contribution < 1.29 is 22.7 Å². The zero-order valence-electron chi connectivity index (χ0n) is 15.9. The molecule has 3 aromatic carbocycles. The van der Waals surface area contributed by atoms with Gasteiger partial charge in [-0.2, -0.15) is 4.31 Å². The summed E-state index contributed by atoms with van der Waals surface area (Å²) >= 11 is 0. The van der Waals surface area contributed by atoms with Gasteiger partial charge in [-0.1, -0.05) is 48.5 Å². The average Bonchev–Trinajstić information content (AvgIpc) is 2.74. The van der Waals surface area contributed by atoms with Crippen LogP contribution in [0.4, 0.5) is 0 Å². The normalized spacial score (nSPS) is 11.2. The third-order valence-electron chi connectivity index (χ3n) is 4.11. The maximum atomic E-state index is 12.7. The Morgan fingerprint density at radius 3 is 2.00 bits per heavy atom. The molecule has 0 amide bonds. The van der Waals surface area contributed by atoms with E-state index in [4.69, 9.17) is 9.47 Å². The van der Waals surface area contributed by atoms with Crippen molar-refractivity contribution in [2.45, 2.75) is 11.5 Å². The van der Waals surface area contributed by atoms with Gasteiger partial charge >= 0.3 is 5.97 Å². The maximum absolute atomic E-state index is 12.7. The Labute approximate surface area is 170 Å². The molecule has 0 saturated carbocycles. The monoisotopic (exact) mass is 411 g/mol. The highest BCUT2D eigenvalue weighted by atomic mass is 32.2. The van der Waals surface area contributed by atoms with Crippen LogP contribution in [0.2, 0.25) is 0 Å². The summed E-state index contributed by atoms with van der Waals surface area (Å²) in [6, 6.07) is 24.4. The van der Waals surface area contributed by atoms with Crippen molar-refractivity contribution in [1.82, 2.24) is 4.31 Å². The van der Waals surface area contributed by atoms with E-state index in [0.717, 1.165) is 9.87 Å². The zero-order valence-corrected chi connectivity index (χ0v) is 16.7. The smallest absolute Gasteiger partial charge is 0.321 e. The van der Waals surface area contributed by atoms with Crippen molar-refractivity contribution in [2.24, 2.45) is 0 Å². The van der Waals surface area contributed by atoms with Gasteiger partial charge in [-0.25, -0.2) is 8.42 Å². The van der Waals surface area contributed by atoms with Gasteiger partial charge in [-0.3, -0.25) is 4.79 Å². The molecule has 0 aliphatic rings. The van der Waals surface area contributed by atoms with E-state index in [9.17, 15) is 13.2 Å². The van der Waals surface area contributed by atoms with Crippen LogP contribution in [0.25, 0.3) is 0 Å². The number of esters is 1. The van der Waals surface area contributed by atoms with Gasteiger partial charge in [0.05, 0.1) is 4.90 Å². The second-order valence-electron chi connectivity index (χ2n) is 6.29. The number of para-hydroxylation sites is 1. The number of carbonyl (C=O) groups is 1. The Hall–Kier alpha value is -3.16. The Kier molecular flexibility index (Phi) is 6.64. The summed E-state index contributed by atoms with van der Waals surface area (Å²) in [7, 11) is -2.49. The summed E-state index contributed by atoms with van der Waals surface area (Å²) in [6.45, 7) is -0.281. The summed E-state index contributed by atoms with van der Waals surface area (Å²) in [5.74, 6) is 0.547. The molecule has 0 atom stereocenters.